The Morgan fingerprint density at radius 1 is 1.10 bits per heavy atom. The number of methoxy groups -OCH3 is 1. The summed E-state index contributed by atoms with van der Waals surface area (Å²) in [7, 11) is 1.61. The summed E-state index contributed by atoms with van der Waals surface area (Å²) in [5, 5.41) is 10.8. The summed E-state index contributed by atoms with van der Waals surface area (Å²) < 4.78 is 11.0. The van der Waals surface area contributed by atoms with Crippen LogP contribution in [0.15, 0.2) is 66.9 Å². The number of fused-ring (bicyclic) bond motifs is 1. The van der Waals surface area contributed by atoms with Crippen LogP contribution in [0.4, 0.5) is 0 Å². The van der Waals surface area contributed by atoms with Gasteiger partial charge < -0.3 is 14.8 Å². The topological polar surface area (TPSA) is 89.1 Å². The van der Waals surface area contributed by atoms with E-state index in [0.717, 1.165) is 22.2 Å². The first-order valence-electron chi connectivity index (χ1n) is 9.19. The quantitative estimate of drug-likeness (QED) is 0.474. The summed E-state index contributed by atoms with van der Waals surface area (Å²) in [6.07, 6.45) is 1.73. The predicted octanol–water partition coefficient (Wildman–Crippen LogP) is 3.44. The number of hydrogen-bond donors (Lipinski definition) is 2. The maximum absolute atomic E-state index is 12.4. The Morgan fingerprint density at radius 3 is 2.86 bits per heavy atom. The second-order valence-electron chi connectivity index (χ2n) is 6.33. The summed E-state index contributed by atoms with van der Waals surface area (Å²) in [5.74, 6) is 1.18. The van der Waals surface area contributed by atoms with E-state index in [-0.39, 0.29) is 5.91 Å². The molecule has 4 rings (SSSR count). The first-order valence-corrected chi connectivity index (χ1v) is 9.19. The number of ether oxygens (including phenoxy) is 2. The average molecular weight is 388 g/mol. The fourth-order valence-corrected chi connectivity index (χ4v) is 2.98. The highest BCUT2D eigenvalue weighted by molar-refractivity contribution is 5.93. The van der Waals surface area contributed by atoms with Crippen molar-refractivity contribution in [2.75, 3.05) is 20.3 Å². The van der Waals surface area contributed by atoms with Gasteiger partial charge in [0.25, 0.3) is 5.91 Å². The molecule has 4 aromatic rings. The van der Waals surface area contributed by atoms with E-state index in [0.29, 0.717) is 30.3 Å². The molecule has 2 N–H and O–H groups in total. The second kappa shape index (κ2) is 8.43. The Labute approximate surface area is 167 Å². The lowest BCUT2D eigenvalue weighted by atomic mass is 10.1. The van der Waals surface area contributed by atoms with Crippen molar-refractivity contribution in [1.29, 1.82) is 0 Å². The van der Waals surface area contributed by atoms with Crippen molar-refractivity contribution >= 4 is 16.8 Å². The number of nitrogens with one attached hydrogen (secondary N) is 2. The van der Waals surface area contributed by atoms with Gasteiger partial charge in [-0.05, 0) is 30.3 Å². The van der Waals surface area contributed by atoms with Gasteiger partial charge in [-0.1, -0.05) is 30.3 Å². The third-order valence-electron chi connectivity index (χ3n) is 4.43. The molecule has 146 valence electrons. The minimum absolute atomic E-state index is 0.244. The fourth-order valence-electron chi connectivity index (χ4n) is 2.98. The van der Waals surface area contributed by atoms with Crippen LogP contribution in [0.5, 0.6) is 11.5 Å². The van der Waals surface area contributed by atoms with Gasteiger partial charge >= 0.3 is 0 Å². The van der Waals surface area contributed by atoms with E-state index in [1.165, 1.54) is 0 Å². The van der Waals surface area contributed by atoms with Crippen LogP contribution in [-0.4, -0.2) is 41.3 Å². The molecule has 1 amide bonds. The van der Waals surface area contributed by atoms with Gasteiger partial charge in [0.15, 0.2) is 0 Å². The first kappa shape index (κ1) is 18.5. The van der Waals surface area contributed by atoms with Crippen molar-refractivity contribution in [2.24, 2.45) is 0 Å². The molecule has 0 saturated heterocycles. The zero-order chi connectivity index (χ0) is 20.1. The zero-order valence-electron chi connectivity index (χ0n) is 15.9. The maximum Gasteiger partial charge on any atom is 0.269 e. The van der Waals surface area contributed by atoms with E-state index in [9.17, 15) is 4.79 Å². The van der Waals surface area contributed by atoms with E-state index in [1.54, 1.807) is 19.4 Å². The molecular weight excluding hydrogens is 368 g/mol. The Hall–Kier alpha value is -3.87. The average Bonchev–Trinajstić information content (AvgIpc) is 3.27. The third-order valence-corrected chi connectivity index (χ3v) is 4.43. The molecule has 2 aromatic carbocycles. The highest BCUT2D eigenvalue weighted by Gasteiger charge is 2.11. The molecule has 0 radical (unpaired) electrons. The summed E-state index contributed by atoms with van der Waals surface area (Å²) >= 11 is 0. The molecule has 0 fully saturated rings. The Bertz CT molecular complexity index is 1130. The molecule has 0 bridgehead atoms. The number of hydrogen-bond acceptors (Lipinski definition) is 5. The van der Waals surface area contributed by atoms with Crippen LogP contribution in [-0.2, 0) is 0 Å². The Kier molecular flexibility index (Phi) is 5.38. The smallest absolute Gasteiger partial charge is 0.269 e. The number of nitrogens with zero attached hydrogens (tertiary/aromatic N) is 2. The van der Waals surface area contributed by atoms with Gasteiger partial charge in [0.2, 0.25) is 0 Å². The minimum Gasteiger partial charge on any atom is -0.497 e. The molecule has 0 aliphatic heterocycles. The van der Waals surface area contributed by atoms with Crippen molar-refractivity contribution in [3.8, 4) is 22.8 Å². The van der Waals surface area contributed by atoms with Crippen molar-refractivity contribution in [3.05, 3.63) is 72.6 Å². The van der Waals surface area contributed by atoms with Crippen LogP contribution in [0.1, 0.15) is 10.5 Å². The van der Waals surface area contributed by atoms with Gasteiger partial charge in [0, 0.05) is 17.1 Å². The van der Waals surface area contributed by atoms with E-state index in [1.807, 2.05) is 54.6 Å². The van der Waals surface area contributed by atoms with Crippen molar-refractivity contribution < 1.29 is 14.3 Å². The standard InChI is InChI=1S/C22H20N4O3/c1-28-17-8-2-6-16(13-17)18-14-19(26-25-18)22(27)24-11-12-29-20-9-3-5-15-7-4-10-23-21(15)20/h2-10,13-14H,11-12H2,1H3,(H,24,27)(H,25,26). The van der Waals surface area contributed by atoms with Gasteiger partial charge in [-0.2, -0.15) is 5.10 Å². The Balaban J connectivity index is 1.34. The number of amides is 1. The summed E-state index contributed by atoms with van der Waals surface area (Å²) in [5.41, 5.74) is 2.73. The largest absolute Gasteiger partial charge is 0.497 e. The summed E-state index contributed by atoms with van der Waals surface area (Å²) in [6, 6.07) is 18.9. The fraction of sp³-hybridized carbons (Fsp3) is 0.136. The molecule has 0 saturated carbocycles. The molecule has 29 heavy (non-hydrogen) atoms. The van der Waals surface area contributed by atoms with Crippen LogP contribution in [0.3, 0.4) is 0 Å². The molecule has 0 aliphatic rings. The lowest BCUT2D eigenvalue weighted by Crippen LogP contribution is -2.28. The highest BCUT2D eigenvalue weighted by Crippen LogP contribution is 2.23. The number of H-pyrrole nitrogens is 1. The summed E-state index contributed by atoms with van der Waals surface area (Å²) in [4.78, 5) is 16.7. The van der Waals surface area contributed by atoms with Gasteiger partial charge in [-0.3, -0.25) is 14.9 Å². The number of benzene rings is 2. The minimum atomic E-state index is -0.244. The zero-order valence-corrected chi connectivity index (χ0v) is 15.9. The summed E-state index contributed by atoms with van der Waals surface area (Å²) in [6.45, 7) is 0.688. The lowest BCUT2D eigenvalue weighted by molar-refractivity contribution is 0.0942. The molecular formula is C22H20N4O3. The maximum atomic E-state index is 12.4. The van der Waals surface area contributed by atoms with Crippen LogP contribution in [0, 0.1) is 0 Å². The molecule has 0 spiro atoms. The molecule has 0 aliphatic carbocycles. The molecule has 2 heterocycles. The lowest BCUT2D eigenvalue weighted by Gasteiger charge is -2.09. The number of carbonyl (C=O) groups is 1. The normalized spacial score (nSPS) is 10.7. The molecule has 2 aromatic heterocycles. The number of pyridine rings is 1. The van der Waals surface area contributed by atoms with E-state index in [2.05, 4.69) is 20.5 Å². The van der Waals surface area contributed by atoms with Crippen LogP contribution < -0.4 is 14.8 Å². The van der Waals surface area contributed by atoms with Crippen LogP contribution in [0.25, 0.3) is 22.2 Å². The first-order chi connectivity index (χ1) is 14.2. The number of aromatic nitrogens is 3. The molecule has 0 unspecified atom stereocenters. The Morgan fingerprint density at radius 2 is 1.97 bits per heavy atom. The third kappa shape index (κ3) is 4.19. The highest BCUT2D eigenvalue weighted by atomic mass is 16.5. The van der Waals surface area contributed by atoms with E-state index >= 15 is 0 Å². The van der Waals surface area contributed by atoms with Gasteiger partial charge in [0.1, 0.15) is 29.3 Å². The molecule has 7 heteroatoms. The van der Waals surface area contributed by atoms with Gasteiger partial charge in [-0.15, -0.1) is 0 Å². The van der Waals surface area contributed by atoms with Gasteiger partial charge in [-0.25, -0.2) is 0 Å². The number of aromatic amines is 1. The van der Waals surface area contributed by atoms with Crippen molar-refractivity contribution in [3.63, 3.8) is 0 Å². The van der Waals surface area contributed by atoms with Crippen LogP contribution >= 0.6 is 0 Å². The van der Waals surface area contributed by atoms with Gasteiger partial charge in [0.05, 0.1) is 19.3 Å². The molecule has 7 nitrogen and oxygen atoms in total. The number of para-hydroxylation sites is 1. The van der Waals surface area contributed by atoms with Crippen molar-refractivity contribution in [2.45, 2.75) is 0 Å². The second-order valence-corrected chi connectivity index (χ2v) is 6.33. The molecule has 0 atom stereocenters. The van der Waals surface area contributed by atoms with E-state index in [4.69, 9.17) is 9.47 Å². The monoisotopic (exact) mass is 388 g/mol. The number of rotatable bonds is 7. The predicted molar refractivity (Wildman–Crippen MR) is 110 cm³/mol. The number of carbonyl (C=O) groups excluding carboxylic acids is 1. The van der Waals surface area contributed by atoms with Crippen molar-refractivity contribution in [1.82, 2.24) is 20.5 Å². The van der Waals surface area contributed by atoms with E-state index < -0.39 is 0 Å². The SMILES string of the molecule is COc1cccc(-c2cc(C(=O)NCCOc3cccc4cccnc34)[nH]n2)c1. The van der Waals surface area contributed by atoms with Crippen LogP contribution in [0.2, 0.25) is 0 Å².